The van der Waals surface area contributed by atoms with Crippen LogP contribution in [0.4, 0.5) is 0 Å². The summed E-state index contributed by atoms with van der Waals surface area (Å²) in [6.45, 7) is 0. The van der Waals surface area contributed by atoms with E-state index < -0.39 is 0 Å². The molecule has 3 heterocycles. The van der Waals surface area contributed by atoms with E-state index in [4.69, 9.17) is 4.98 Å². The van der Waals surface area contributed by atoms with Crippen LogP contribution in [0.3, 0.4) is 0 Å². The molecule has 0 spiro atoms. The quantitative estimate of drug-likeness (QED) is 0.115. The van der Waals surface area contributed by atoms with Crippen LogP contribution < -0.4 is 0 Å². The van der Waals surface area contributed by atoms with Crippen molar-refractivity contribution in [1.29, 1.82) is 0 Å². The van der Waals surface area contributed by atoms with Gasteiger partial charge in [-0.3, -0.25) is 9.97 Å². The molecule has 5 nitrogen and oxygen atoms in total. The molecule has 0 saturated heterocycles. The van der Waals surface area contributed by atoms with Crippen LogP contribution in [-0.4, -0.2) is 24.1 Å². The molecule has 10 aromatic carbocycles. The standard InChI is InChI=1S/C73H50N5.Ir/c1-77-43-41-74-72(77)58-37-33-54(34-38-58)63-19-9-11-21-65(63)60-45-61(66-22-12-10-20-64(66)55-35-39-59(40-36-55)73-75-42-44-78(73)2)47-62(46-60)67-23-13-14-24-68(67)70-49-76-71(57-17-7-4-8-18-57)48-69(70)56-31-29-53(30-32-56)52-27-25-51(26-28-52)50-15-5-3-6-16-50;/h3-17,19-37,39,41-49H,1-2H3;/q-3;+3. The normalized spacial score (nSPS) is 11.1. The molecule has 0 atom stereocenters. The molecule has 0 aliphatic heterocycles. The summed E-state index contributed by atoms with van der Waals surface area (Å²) < 4.78 is 4.04. The second kappa shape index (κ2) is 22.2. The first-order chi connectivity index (χ1) is 38.5. The monoisotopic (exact) mass is 1190 g/mol. The molecular formula is C73H50IrN5. The molecule has 79 heavy (non-hydrogen) atoms. The minimum Gasteiger partial charge on any atom is -0.373 e. The number of hydrogen-bond acceptors (Lipinski definition) is 3. The Hall–Kier alpha value is -9.58. The fourth-order valence-corrected chi connectivity index (χ4v) is 10.7. The minimum atomic E-state index is 0. The van der Waals surface area contributed by atoms with Crippen molar-refractivity contribution in [2.45, 2.75) is 0 Å². The summed E-state index contributed by atoms with van der Waals surface area (Å²) >= 11 is 0. The number of rotatable bonds is 12. The van der Waals surface area contributed by atoms with Gasteiger partial charge < -0.3 is 14.1 Å². The number of hydrogen-bond donors (Lipinski definition) is 0. The van der Waals surface area contributed by atoms with Crippen molar-refractivity contribution < 1.29 is 20.1 Å². The Balaban J connectivity index is 0.00000623. The molecule has 0 radical (unpaired) electrons. The van der Waals surface area contributed by atoms with Crippen LogP contribution in [0.1, 0.15) is 0 Å². The molecule has 13 rings (SSSR count). The van der Waals surface area contributed by atoms with Crippen molar-refractivity contribution in [3.8, 4) is 134 Å². The number of aryl methyl sites for hydroxylation is 2. The molecule has 3 aromatic heterocycles. The van der Waals surface area contributed by atoms with Gasteiger partial charge in [-0.15, -0.1) is 95.6 Å². The van der Waals surface area contributed by atoms with Crippen molar-refractivity contribution in [2.75, 3.05) is 0 Å². The zero-order valence-electron chi connectivity index (χ0n) is 43.5. The van der Waals surface area contributed by atoms with Crippen molar-refractivity contribution in [3.05, 3.63) is 286 Å². The Morgan fingerprint density at radius 3 is 1.14 bits per heavy atom. The van der Waals surface area contributed by atoms with Gasteiger partial charge in [0.2, 0.25) is 0 Å². The second-order valence-electron chi connectivity index (χ2n) is 19.6. The maximum atomic E-state index is 5.17. The van der Waals surface area contributed by atoms with Crippen LogP contribution in [0.2, 0.25) is 0 Å². The summed E-state index contributed by atoms with van der Waals surface area (Å²) in [5.41, 5.74) is 23.6. The van der Waals surface area contributed by atoms with Gasteiger partial charge in [-0.2, -0.15) is 0 Å². The second-order valence-corrected chi connectivity index (χ2v) is 19.6. The van der Waals surface area contributed by atoms with Crippen LogP contribution in [0.15, 0.2) is 268 Å². The van der Waals surface area contributed by atoms with E-state index in [0.717, 1.165) is 117 Å². The van der Waals surface area contributed by atoms with E-state index in [1.54, 1.807) is 0 Å². The van der Waals surface area contributed by atoms with Crippen LogP contribution >= 0.6 is 0 Å². The largest absolute Gasteiger partial charge is 3.00 e. The Kier molecular flexibility index (Phi) is 14.1. The third kappa shape index (κ3) is 10.2. The zero-order valence-corrected chi connectivity index (χ0v) is 45.9. The van der Waals surface area contributed by atoms with Crippen molar-refractivity contribution in [1.82, 2.24) is 24.1 Å². The van der Waals surface area contributed by atoms with Crippen LogP contribution in [0.5, 0.6) is 0 Å². The summed E-state index contributed by atoms with van der Waals surface area (Å²) in [7, 11) is 4.02. The van der Waals surface area contributed by atoms with Gasteiger partial charge in [-0.05, 0) is 96.2 Å². The third-order valence-corrected chi connectivity index (χ3v) is 14.7. The number of imidazole rings is 2. The van der Waals surface area contributed by atoms with Crippen LogP contribution in [0, 0.1) is 18.2 Å². The van der Waals surface area contributed by atoms with Gasteiger partial charge in [0.15, 0.2) is 0 Å². The number of aromatic nitrogens is 5. The summed E-state index contributed by atoms with van der Waals surface area (Å²) in [6, 6.07) is 95.1. The Morgan fingerprint density at radius 1 is 0.304 bits per heavy atom. The van der Waals surface area contributed by atoms with E-state index in [0.29, 0.717) is 0 Å². The molecule has 0 bridgehead atoms. The molecule has 376 valence electrons. The first-order valence-electron chi connectivity index (χ1n) is 26.2. The molecule has 13 aromatic rings. The summed E-state index contributed by atoms with van der Waals surface area (Å²) in [5, 5.41) is 0. The smallest absolute Gasteiger partial charge is 0.373 e. The molecular weight excluding hydrogens is 1140 g/mol. The molecule has 0 aliphatic rings. The summed E-state index contributed by atoms with van der Waals surface area (Å²) in [5.74, 6) is 1.75. The van der Waals surface area contributed by atoms with Gasteiger partial charge in [0.05, 0.1) is 11.6 Å². The topological polar surface area (TPSA) is 48.5 Å². The molecule has 0 unspecified atom stereocenters. The van der Waals surface area contributed by atoms with E-state index in [-0.39, 0.29) is 20.1 Å². The predicted octanol–water partition coefficient (Wildman–Crippen LogP) is 18.0. The maximum Gasteiger partial charge on any atom is 3.00 e. The maximum absolute atomic E-state index is 5.17. The number of nitrogens with zero attached hydrogens (tertiary/aromatic N) is 5. The first kappa shape index (κ1) is 50.2. The molecule has 0 amide bonds. The van der Waals surface area contributed by atoms with E-state index in [9.17, 15) is 0 Å². The van der Waals surface area contributed by atoms with Crippen molar-refractivity contribution in [2.24, 2.45) is 14.1 Å². The summed E-state index contributed by atoms with van der Waals surface area (Å²) in [6.07, 6.45) is 9.62. The SMILES string of the molecule is Cn1ccnc1-c1[c-]cc(-c2ccccc2-c2cc(-c3ccccc3-c3c[c-]c(-c4nccn4C)cc3)cc(-c3ccccc3-c3cnc(-c4[c-]cccc4)cc3-c3ccc(-c4ccc(-c5ccccc5)cc4)cc3)c2)cc1.[Ir+3]. The number of pyridine rings is 1. The predicted molar refractivity (Wildman–Crippen MR) is 320 cm³/mol. The van der Waals surface area contributed by atoms with Gasteiger partial charge in [0.1, 0.15) is 0 Å². The van der Waals surface area contributed by atoms with E-state index in [1.807, 2.05) is 72.4 Å². The van der Waals surface area contributed by atoms with Crippen LogP contribution in [-0.2, 0) is 34.2 Å². The fourth-order valence-electron chi connectivity index (χ4n) is 10.7. The van der Waals surface area contributed by atoms with E-state index >= 15 is 0 Å². The van der Waals surface area contributed by atoms with E-state index in [1.165, 1.54) is 16.7 Å². The Morgan fingerprint density at radius 2 is 0.709 bits per heavy atom. The number of benzene rings is 10. The zero-order chi connectivity index (χ0) is 52.4. The average molecular weight is 1190 g/mol. The van der Waals surface area contributed by atoms with Crippen LogP contribution in [0.25, 0.3) is 134 Å². The molecule has 0 fully saturated rings. The van der Waals surface area contributed by atoms with Gasteiger partial charge in [-0.25, -0.2) is 0 Å². The third-order valence-electron chi connectivity index (χ3n) is 14.7. The average Bonchev–Trinajstić information content (AvgIpc) is 4.23. The fraction of sp³-hybridized carbons (Fsp3) is 0.0274. The summed E-state index contributed by atoms with van der Waals surface area (Å²) in [4.78, 5) is 14.4. The molecule has 6 heteroatoms. The van der Waals surface area contributed by atoms with Gasteiger partial charge in [-0.1, -0.05) is 180 Å². The minimum absolute atomic E-state index is 0. The Bertz CT molecular complexity index is 4090. The molecule has 0 N–H and O–H groups in total. The van der Waals surface area contributed by atoms with Crippen molar-refractivity contribution >= 4 is 0 Å². The van der Waals surface area contributed by atoms with Crippen molar-refractivity contribution in [3.63, 3.8) is 0 Å². The van der Waals surface area contributed by atoms with Gasteiger partial charge >= 0.3 is 20.1 Å². The molecule has 0 saturated carbocycles. The molecule has 0 aliphatic carbocycles. The van der Waals surface area contributed by atoms with Gasteiger partial charge in [0, 0.05) is 50.6 Å². The first-order valence-corrected chi connectivity index (χ1v) is 26.2. The van der Waals surface area contributed by atoms with E-state index in [2.05, 4.69) is 247 Å². The van der Waals surface area contributed by atoms with Gasteiger partial charge in [0.25, 0.3) is 0 Å². The Labute approximate surface area is 475 Å².